The third-order valence-corrected chi connectivity index (χ3v) is 4.70. The molecule has 2 aliphatic carbocycles. The monoisotopic (exact) mass is 290 g/mol. The number of hydrogen-bond acceptors (Lipinski definition) is 4. The molecule has 21 heavy (non-hydrogen) atoms. The molecule has 3 rings (SSSR count). The molecule has 0 radical (unpaired) electrons. The van der Waals surface area contributed by atoms with Crippen LogP contribution in [0.15, 0.2) is 28.0 Å². The van der Waals surface area contributed by atoms with Crippen molar-refractivity contribution in [1.82, 2.24) is 5.16 Å². The molecule has 0 aliphatic heterocycles. The van der Waals surface area contributed by atoms with Crippen LogP contribution >= 0.6 is 0 Å². The molecule has 6 nitrogen and oxygen atoms in total. The summed E-state index contributed by atoms with van der Waals surface area (Å²) in [7, 11) is 0. The highest BCUT2D eigenvalue weighted by atomic mass is 16.5. The Morgan fingerprint density at radius 1 is 1.29 bits per heavy atom. The molecule has 2 N–H and O–H groups in total. The Kier molecular flexibility index (Phi) is 3.31. The van der Waals surface area contributed by atoms with Gasteiger partial charge in [0.2, 0.25) is 5.91 Å². The molecular weight excluding hydrogens is 272 g/mol. The molecule has 1 amide bonds. The van der Waals surface area contributed by atoms with Gasteiger partial charge >= 0.3 is 5.97 Å². The van der Waals surface area contributed by atoms with Crippen molar-refractivity contribution in [2.45, 2.75) is 26.7 Å². The molecule has 6 heteroatoms. The van der Waals surface area contributed by atoms with E-state index in [2.05, 4.69) is 15.0 Å². The maximum Gasteiger partial charge on any atom is 0.307 e. The van der Waals surface area contributed by atoms with E-state index in [9.17, 15) is 14.7 Å². The zero-order valence-corrected chi connectivity index (χ0v) is 12.0. The van der Waals surface area contributed by atoms with Crippen LogP contribution in [0.3, 0.4) is 0 Å². The molecular formula is C15H18N2O4. The summed E-state index contributed by atoms with van der Waals surface area (Å²) in [6.45, 7) is 3.99. The zero-order chi connectivity index (χ0) is 15.1. The second kappa shape index (κ2) is 5.02. The van der Waals surface area contributed by atoms with Gasteiger partial charge in [-0.3, -0.25) is 9.59 Å². The quantitative estimate of drug-likeness (QED) is 0.833. The molecule has 0 aromatic carbocycles. The second-order valence-electron chi connectivity index (χ2n) is 6.01. The smallest absolute Gasteiger partial charge is 0.307 e. The highest BCUT2D eigenvalue weighted by molar-refractivity contribution is 5.96. The fourth-order valence-electron chi connectivity index (χ4n) is 4.09. The number of aliphatic carboxylic acids is 1. The summed E-state index contributed by atoms with van der Waals surface area (Å²) in [4.78, 5) is 24.1. The highest BCUT2D eigenvalue weighted by Gasteiger charge is 2.57. The van der Waals surface area contributed by atoms with Gasteiger partial charge in [0, 0.05) is 6.07 Å². The molecule has 0 spiro atoms. The lowest BCUT2D eigenvalue weighted by Crippen LogP contribution is -2.37. The number of amides is 1. The number of carboxylic acid groups (broad SMARTS) is 1. The van der Waals surface area contributed by atoms with Crippen molar-refractivity contribution in [3.63, 3.8) is 0 Å². The molecule has 1 aromatic rings. The molecule has 2 saturated carbocycles. The number of nitrogens with one attached hydrogen (secondary N) is 1. The van der Waals surface area contributed by atoms with Gasteiger partial charge in [-0.25, -0.2) is 0 Å². The molecule has 112 valence electrons. The number of carbonyl (C=O) groups is 2. The van der Waals surface area contributed by atoms with E-state index in [1.807, 2.05) is 13.8 Å². The first kappa shape index (κ1) is 13.9. The standard InChI is InChI=1S/C15H18N2O4/c1-7(2)11-8-3-4-9(11)13(15(19)20)12(8)14(18)16-10-5-6-21-17-10/h5-6,8-9,12-13H,3-4H2,1-2H3,(H,19,20)(H,16,17,18)/t8-,9-,12+,13-/m0/s1. The average molecular weight is 290 g/mol. The fourth-order valence-corrected chi connectivity index (χ4v) is 4.09. The van der Waals surface area contributed by atoms with Crippen molar-refractivity contribution >= 4 is 17.7 Å². The Morgan fingerprint density at radius 3 is 2.48 bits per heavy atom. The van der Waals surface area contributed by atoms with Crippen LogP contribution in [0.4, 0.5) is 5.82 Å². The van der Waals surface area contributed by atoms with Gasteiger partial charge in [0.05, 0.1) is 11.8 Å². The van der Waals surface area contributed by atoms with E-state index in [-0.39, 0.29) is 17.7 Å². The SMILES string of the molecule is CC(C)=C1[C@@H]2CC[C@@H]1[C@@H](C(=O)Nc1ccon1)[C@H]2C(=O)O. The summed E-state index contributed by atoms with van der Waals surface area (Å²) in [5.74, 6) is -1.98. The van der Waals surface area contributed by atoms with Gasteiger partial charge in [-0.2, -0.15) is 0 Å². The van der Waals surface area contributed by atoms with Crippen LogP contribution in [0.2, 0.25) is 0 Å². The molecule has 0 saturated heterocycles. The lowest BCUT2D eigenvalue weighted by molar-refractivity contribution is -0.148. The first-order valence-electron chi connectivity index (χ1n) is 7.12. The first-order chi connectivity index (χ1) is 10.0. The number of anilines is 1. The van der Waals surface area contributed by atoms with Crippen LogP contribution in [0.5, 0.6) is 0 Å². The van der Waals surface area contributed by atoms with Crippen molar-refractivity contribution in [2.24, 2.45) is 23.7 Å². The fraction of sp³-hybridized carbons (Fsp3) is 0.533. The summed E-state index contributed by atoms with van der Waals surface area (Å²) in [6, 6.07) is 1.54. The van der Waals surface area contributed by atoms with E-state index in [1.54, 1.807) is 6.07 Å². The van der Waals surface area contributed by atoms with E-state index in [0.29, 0.717) is 5.82 Å². The van der Waals surface area contributed by atoms with Crippen molar-refractivity contribution < 1.29 is 19.2 Å². The number of allylic oxidation sites excluding steroid dienone is 2. The summed E-state index contributed by atoms with van der Waals surface area (Å²) in [5.41, 5.74) is 2.31. The van der Waals surface area contributed by atoms with Gasteiger partial charge < -0.3 is 14.9 Å². The third-order valence-electron chi connectivity index (χ3n) is 4.70. The predicted molar refractivity (Wildman–Crippen MR) is 74.3 cm³/mol. The molecule has 1 aromatic heterocycles. The number of carboxylic acids is 1. The minimum Gasteiger partial charge on any atom is -0.481 e. The predicted octanol–water partition coefficient (Wildman–Crippen LogP) is 2.31. The Morgan fingerprint density at radius 2 is 1.95 bits per heavy atom. The van der Waals surface area contributed by atoms with E-state index >= 15 is 0 Å². The number of aromatic nitrogens is 1. The minimum atomic E-state index is -0.888. The van der Waals surface area contributed by atoms with E-state index in [1.165, 1.54) is 11.8 Å². The van der Waals surface area contributed by atoms with Gasteiger partial charge in [0.15, 0.2) is 5.82 Å². The average Bonchev–Trinajstić information content (AvgIpc) is 3.11. The lowest BCUT2D eigenvalue weighted by atomic mass is 9.79. The Bertz CT molecular complexity index is 601. The summed E-state index contributed by atoms with van der Waals surface area (Å²) in [6.07, 6.45) is 3.11. The van der Waals surface area contributed by atoms with Crippen molar-refractivity contribution in [3.8, 4) is 0 Å². The molecule has 2 fully saturated rings. The number of nitrogens with zero attached hydrogens (tertiary/aromatic N) is 1. The third kappa shape index (κ3) is 2.14. The second-order valence-corrected chi connectivity index (χ2v) is 6.01. The van der Waals surface area contributed by atoms with Crippen molar-refractivity contribution in [1.29, 1.82) is 0 Å². The van der Waals surface area contributed by atoms with Crippen molar-refractivity contribution in [3.05, 3.63) is 23.5 Å². The van der Waals surface area contributed by atoms with Gasteiger partial charge in [-0.1, -0.05) is 16.3 Å². The zero-order valence-electron chi connectivity index (χ0n) is 12.0. The maximum absolute atomic E-state index is 12.5. The highest BCUT2D eigenvalue weighted by Crippen LogP contribution is 2.57. The van der Waals surface area contributed by atoms with Gasteiger partial charge in [-0.05, 0) is 38.5 Å². The maximum atomic E-state index is 12.5. The topological polar surface area (TPSA) is 92.4 Å². The summed E-state index contributed by atoms with van der Waals surface area (Å²) in [5, 5.41) is 15.9. The van der Waals surface area contributed by atoms with Crippen LogP contribution in [0.25, 0.3) is 0 Å². The molecule has 2 bridgehead atoms. The van der Waals surface area contributed by atoms with Crippen molar-refractivity contribution in [2.75, 3.05) is 5.32 Å². The van der Waals surface area contributed by atoms with Gasteiger partial charge in [0.1, 0.15) is 6.26 Å². The Balaban J connectivity index is 1.91. The Hall–Kier alpha value is -2.11. The lowest BCUT2D eigenvalue weighted by Gasteiger charge is -2.25. The van der Waals surface area contributed by atoms with Crippen LogP contribution < -0.4 is 5.32 Å². The number of rotatable bonds is 3. The number of hydrogen-bond donors (Lipinski definition) is 2. The van der Waals surface area contributed by atoms with E-state index in [4.69, 9.17) is 0 Å². The summed E-state index contributed by atoms with van der Waals surface area (Å²) < 4.78 is 4.68. The van der Waals surface area contributed by atoms with Gasteiger partial charge in [-0.15, -0.1) is 0 Å². The van der Waals surface area contributed by atoms with Crippen LogP contribution in [0.1, 0.15) is 26.7 Å². The van der Waals surface area contributed by atoms with E-state index < -0.39 is 17.8 Å². The normalized spacial score (nSPS) is 30.5. The number of fused-ring (bicyclic) bond motifs is 2. The number of carbonyl (C=O) groups excluding carboxylic acids is 1. The molecule has 0 unspecified atom stereocenters. The Labute approximate surface area is 122 Å². The van der Waals surface area contributed by atoms with Crippen LogP contribution in [-0.4, -0.2) is 22.1 Å². The van der Waals surface area contributed by atoms with Crippen LogP contribution in [0, 0.1) is 23.7 Å². The summed E-state index contributed by atoms with van der Waals surface area (Å²) >= 11 is 0. The largest absolute Gasteiger partial charge is 0.481 e. The first-order valence-corrected chi connectivity index (χ1v) is 7.12. The molecule has 4 atom stereocenters. The molecule has 1 heterocycles. The molecule has 2 aliphatic rings. The minimum absolute atomic E-state index is 0.00874. The van der Waals surface area contributed by atoms with Gasteiger partial charge in [0.25, 0.3) is 0 Å². The van der Waals surface area contributed by atoms with Crippen LogP contribution in [-0.2, 0) is 9.59 Å². The van der Waals surface area contributed by atoms with E-state index in [0.717, 1.165) is 18.4 Å².